The number of hydrazine groups is 1. The number of carbonyl (C=O) groups is 1. The van der Waals surface area contributed by atoms with Crippen molar-refractivity contribution in [2.45, 2.75) is 27.7 Å². The Balaban J connectivity index is 2.31. The summed E-state index contributed by atoms with van der Waals surface area (Å²) in [4.78, 5) is 33.1. The van der Waals surface area contributed by atoms with E-state index in [0.717, 1.165) is 0 Å². The summed E-state index contributed by atoms with van der Waals surface area (Å²) in [7, 11) is 0. The average Bonchev–Trinajstić information content (AvgIpc) is 3.12. The number of hydrogen-bond acceptors (Lipinski definition) is 8. The molecular weight excluding hydrogens is 352 g/mol. The molecular formula is C17H24N6O4. The predicted molar refractivity (Wildman–Crippen MR) is 100 cm³/mol. The third-order valence-electron chi connectivity index (χ3n) is 3.50. The number of hydrogen-bond donors (Lipinski definition) is 2. The second kappa shape index (κ2) is 8.97. The van der Waals surface area contributed by atoms with E-state index in [4.69, 9.17) is 4.42 Å². The molecule has 0 bridgehead atoms. The van der Waals surface area contributed by atoms with Crippen molar-refractivity contribution in [1.82, 2.24) is 15.4 Å². The van der Waals surface area contributed by atoms with E-state index in [2.05, 4.69) is 20.8 Å². The van der Waals surface area contributed by atoms with Crippen molar-refractivity contribution in [2.24, 2.45) is 11.8 Å². The van der Waals surface area contributed by atoms with Crippen LogP contribution in [-0.2, 0) is 0 Å². The number of rotatable bonds is 9. The van der Waals surface area contributed by atoms with Crippen molar-refractivity contribution >= 4 is 23.2 Å². The normalized spacial score (nSPS) is 10.9. The van der Waals surface area contributed by atoms with E-state index in [1.807, 2.05) is 32.6 Å². The van der Waals surface area contributed by atoms with Crippen LogP contribution in [0, 0.1) is 22.0 Å². The van der Waals surface area contributed by atoms with Crippen molar-refractivity contribution in [3.05, 3.63) is 40.6 Å². The SMILES string of the molecule is CC(C)CN(CC(C)C)c1ncnc(NNC(=O)c2ccco2)c1[N+](=O)[O-]. The van der Waals surface area contributed by atoms with Crippen molar-refractivity contribution in [1.29, 1.82) is 0 Å². The number of amides is 1. The van der Waals surface area contributed by atoms with Crippen molar-refractivity contribution < 1.29 is 14.1 Å². The molecule has 10 heteroatoms. The molecule has 2 aromatic heterocycles. The Morgan fingerprint density at radius 1 is 1.26 bits per heavy atom. The topological polar surface area (TPSA) is 126 Å². The van der Waals surface area contributed by atoms with Crippen LogP contribution in [0.5, 0.6) is 0 Å². The van der Waals surface area contributed by atoms with E-state index in [9.17, 15) is 14.9 Å². The number of anilines is 2. The molecule has 0 atom stereocenters. The standard InChI is InChI=1S/C17H24N6O4/c1-11(2)8-22(9-12(3)4)16-14(23(25)26)15(18-10-19-16)20-21-17(24)13-6-5-7-27-13/h5-7,10-12H,8-9H2,1-4H3,(H,21,24)(H,18,19,20). The molecule has 0 aliphatic rings. The lowest BCUT2D eigenvalue weighted by atomic mass is 10.1. The Labute approximate surface area is 157 Å². The highest BCUT2D eigenvalue weighted by Crippen LogP contribution is 2.32. The Morgan fingerprint density at radius 3 is 2.44 bits per heavy atom. The van der Waals surface area contributed by atoms with Crippen LogP contribution < -0.4 is 15.8 Å². The van der Waals surface area contributed by atoms with E-state index < -0.39 is 10.8 Å². The Kier molecular flexibility index (Phi) is 6.69. The minimum atomic E-state index is -0.573. The highest BCUT2D eigenvalue weighted by Gasteiger charge is 2.28. The fraction of sp³-hybridized carbons (Fsp3) is 0.471. The van der Waals surface area contributed by atoms with Crippen LogP contribution in [0.4, 0.5) is 17.3 Å². The summed E-state index contributed by atoms with van der Waals surface area (Å²) in [5, 5.41) is 11.7. The molecule has 146 valence electrons. The molecule has 2 heterocycles. The minimum Gasteiger partial charge on any atom is -0.459 e. The molecule has 0 aliphatic carbocycles. The van der Waals surface area contributed by atoms with Crippen molar-refractivity contribution in [2.75, 3.05) is 23.4 Å². The molecule has 0 spiro atoms. The molecule has 2 N–H and O–H groups in total. The number of furan rings is 1. The predicted octanol–water partition coefficient (Wildman–Crippen LogP) is 2.85. The van der Waals surface area contributed by atoms with Gasteiger partial charge in [0.15, 0.2) is 5.76 Å². The third kappa shape index (κ3) is 5.40. The lowest BCUT2D eigenvalue weighted by molar-refractivity contribution is -0.383. The first-order valence-corrected chi connectivity index (χ1v) is 8.63. The van der Waals surface area contributed by atoms with Gasteiger partial charge < -0.3 is 9.32 Å². The summed E-state index contributed by atoms with van der Waals surface area (Å²) < 4.78 is 4.98. The average molecular weight is 376 g/mol. The number of nitrogens with one attached hydrogen (secondary N) is 2. The molecule has 0 saturated heterocycles. The fourth-order valence-corrected chi connectivity index (χ4v) is 2.57. The van der Waals surface area contributed by atoms with E-state index in [1.165, 1.54) is 18.7 Å². The summed E-state index contributed by atoms with van der Waals surface area (Å²) >= 11 is 0. The van der Waals surface area contributed by atoms with Crippen LogP contribution in [0.15, 0.2) is 29.1 Å². The Hall–Kier alpha value is -3.17. The number of nitrogens with zero attached hydrogens (tertiary/aromatic N) is 4. The van der Waals surface area contributed by atoms with Gasteiger partial charge in [-0.1, -0.05) is 27.7 Å². The largest absolute Gasteiger partial charge is 0.459 e. The highest BCUT2D eigenvalue weighted by atomic mass is 16.6. The molecule has 0 aromatic carbocycles. The molecule has 1 amide bonds. The molecule has 0 aliphatic heterocycles. The fourth-order valence-electron chi connectivity index (χ4n) is 2.57. The van der Waals surface area contributed by atoms with Gasteiger partial charge in [0.1, 0.15) is 6.33 Å². The van der Waals surface area contributed by atoms with Crippen LogP contribution in [0.1, 0.15) is 38.2 Å². The van der Waals surface area contributed by atoms with Crippen LogP contribution >= 0.6 is 0 Å². The minimum absolute atomic E-state index is 0.0701. The van der Waals surface area contributed by atoms with E-state index in [1.54, 1.807) is 6.07 Å². The zero-order valence-corrected chi connectivity index (χ0v) is 15.8. The first-order chi connectivity index (χ1) is 12.8. The van der Waals surface area contributed by atoms with Gasteiger partial charge in [-0.25, -0.2) is 9.97 Å². The van der Waals surface area contributed by atoms with E-state index >= 15 is 0 Å². The number of nitro groups is 1. The van der Waals surface area contributed by atoms with Gasteiger partial charge in [0.05, 0.1) is 11.2 Å². The number of aromatic nitrogens is 2. The maximum atomic E-state index is 12.0. The molecule has 10 nitrogen and oxygen atoms in total. The zero-order chi connectivity index (χ0) is 20.0. The van der Waals surface area contributed by atoms with Gasteiger partial charge in [-0.05, 0) is 24.0 Å². The van der Waals surface area contributed by atoms with Gasteiger partial charge >= 0.3 is 11.6 Å². The van der Waals surface area contributed by atoms with Gasteiger partial charge in [0.2, 0.25) is 11.6 Å². The second-order valence-corrected chi connectivity index (χ2v) is 6.90. The second-order valence-electron chi connectivity index (χ2n) is 6.90. The van der Waals surface area contributed by atoms with Crippen LogP contribution in [0.3, 0.4) is 0 Å². The van der Waals surface area contributed by atoms with E-state index in [-0.39, 0.29) is 34.9 Å². The summed E-state index contributed by atoms with van der Waals surface area (Å²) in [6, 6.07) is 3.04. The smallest absolute Gasteiger partial charge is 0.355 e. The zero-order valence-electron chi connectivity index (χ0n) is 15.8. The van der Waals surface area contributed by atoms with Gasteiger partial charge in [-0.2, -0.15) is 0 Å². The number of carbonyl (C=O) groups excluding carboxylic acids is 1. The molecule has 0 fully saturated rings. The molecule has 0 radical (unpaired) electrons. The molecule has 0 saturated carbocycles. The molecule has 2 rings (SSSR count). The Morgan fingerprint density at radius 2 is 1.93 bits per heavy atom. The lowest BCUT2D eigenvalue weighted by Crippen LogP contribution is -2.34. The quantitative estimate of drug-likeness (QED) is 0.505. The molecule has 2 aromatic rings. The lowest BCUT2D eigenvalue weighted by Gasteiger charge is -2.27. The van der Waals surface area contributed by atoms with Gasteiger partial charge in [-0.15, -0.1) is 0 Å². The maximum absolute atomic E-state index is 12.0. The van der Waals surface area contributed by atoms with Gasteiger partial charge in [0, 0.05) is 13.1 Å². The van der Waals surface area contributed by atoms with Gasteiger partial charge in [-0.3, -0.25) is 25.8 Å². The first kappa shape index (κ1) is 20.1. The summed E-state index contributed by atoms with van der Waals surface area (Å²) in [6.45, 7) is 9.33. The third-order valence-corrected chi connectivity index (χ3v) is 3.50. The molecule has 27 heavy (non-hydrogen) atoms. The Bertz CT molecular complexity index is 766. The summed E-state index contributed by atoms with van der Waals surface area (Å²) in [5.74, 6) is 0.188. The maximum Gasteiger partial charge on any atom is 0.355 e. The van der Waals surface area contributed by atoms with E-state index in [0.29, 0.717) is 13.1 Å². The van der Waals surface area contributed by atoms with Crippen LogP contribution in [-0.4, -0.2) is 33.9 Å². The van der Waals surface area contributed by atoms with Gasteiger partial charge in [0.25, 0.3) is 0 Å². The highest BCUT2D eigenvalue weighted by molar-refractivity contribution is 5.92. The summed E-state index contributed by atoms with van der Waals surface area (Å²) in [5.41, 5.74) is 4.56. The van der Waals surface area contributed by atoms with Crippen LogP contribution in [0.25, 0.3) is 0 Å². The van der Waals surface area contributed by atoms with Crippen molar-refractivity contribution in [3.8, 4) is 0 Å². The van der Waals surface area contributed by atoms with Crippen molar-refractivity contribution in [3.63, 3.8) is 0 Å². The van der Waals surface area contributed by atoms with Crippen LogP contribution in [0.2, 0.25) is 0 Å². The summed E-state index contributed by atoms with van der Waals surface area (Å²) in [6.07, 6.45) is 2.59. The first-order valence-electron chi connectivity index (χ1n) is 8.63. The molecule has 0 unspecified atom stereocenters. The monoisotopic (exact) mass is 376 g/mol.